The Hall–Kier alpha value is -3.38. The summed E-state index contributed by atoms with van der Waals surface area (Å²) in [4.78, 5) is 18.0. The van der Waals surface area contributed by atoms with Gasteiger partial charge >= 0.3 is 0 Å². The predicted molar refractivity (Wildman–Crippen MR) is 143 cm³/mol. The Kier molecular flexibility index (Phi) is 6.95. The van der Waals surface area contributed by atoms with E-state index in [4.69, 9.17) is 9.97 Å². The Morgan fingerprint density at radius 1 is 1.05 bits per heavy atom. The lowest BCUT2D eigenvalue weighted by atomic mass is 10.1. The minimum Gasteiger partial charge on any atom is -0.492 e. The van der Waals surface area contributed by atoms with Crippen LogP contribution in [0.2, 0.25) is 0 Å². The van der Waals surface area contributed by atoms with Crippen LogP contribution in [0.15, 0.2) is 36.5 Å². The molecule has 1 aliphatic carbocycles. The summed E-state index contributed by atoms with van der Waals surface area (Å²) < 4.78 is 0.764. The molecule has 0 saturated heterocycles. The number of hydrogen-bond acceptors (Lipinski definition) is 11. The fourth-order valence-electron chi connectivity index (χ4n) is 4.70. The Morgan fingerprint density at radius 2 is 1.81 bits per heavy atom. The number of aromatic nitrogens is 4. The summed E-state index contributed by atoms with van der Waals surface area (Å²) in [5.74, 6) is 0.239. The summed E-state index contributed by atoms with van der Waals surface area (Å²) in [5, 5.41) is 48.0. The average Bonchev–Trinajstić information content (AvgIpc) is 3.41. The number of benzene rings is 1. The van der Waals surface area contributed by atoms with Crippen LogP contribution >= 0.6 is 11.3 Å². The highest BCUT2D eigenvalue weighted by Crippen LogP contribution is 2.39. The maximum atomic E-state index is 10.7. The molecule has 1 aliphatic rings. The zero-order valence-electron chi connectivity index (χ0n) is 20.8. The summed E-state index contributed by atoms with van der Waals surface area (Å²) >= 11 is 1.37. The number of aromatic hydroxyl groups is 1. The largest absolute Gasteiger partial charge is 0.492 e. The minimum absolute atomic E-state index is 0.0677. The lowest BCUT2D eigenvalue weighted by molar-refractivity contribution is 0.00446. The number of rotatable bonds is 7. The smallest absolute Gasteiger partial charge is 0.238 e. The van der Waals surface area contributed by atoms with Crippen molar-refractivity contribution < 1.29 is 20.4 Å². The monoisotopic (exact) mass is 522 g/mol. The van der Waals surface area contributed by atoms with E-state index in [0.29, 0.717) is 40.0 Å². The molecule has 3 aromatic heterocycles. The van der Waals surface area contributed by atoms with Crippen LogP contribution in [-0.2, 0) is 0 Å². The van der Waals surface area contributed by atoms with E-state index in [0.717, 1.165) is 10.3 Å². The average molecular weight is 523 g/mol. The van der Waals surface area contributed by atoms with Gasteiger partial charge in [-0.3, -0.25) is 0 Å². The van der Waals surface area contributed by atoms with Crippen molar-refractivity contribution in [1.29, 1.82) is 0 Å². The molecule has 4 aromatic rings. The van der Waals surface area contributed by atoms with Crippen molar-refractivity contribution in [2.24, 2.45) is 5.92 Å². The van der Waals surface area contributed by atoms with E-state index in [2.05, 4.69) is 44.9 Å². The Bertz CT molecular complexity index is 1410. The van der Waals surface area contributed by atoms with Crippen molar-refractivity contribution in [3.8, 4) is 16.5 Å². The number of fused-ring (bicyclic) bond motifs is 1. The Morgan fingerprint density at radius 3 is 2.49 bits per heavy atom. The van der Waals surface area contributed by atoms with Gasteiger partial charge in [-0.1, -0.05) is 29.8 Å². The van der Waals surface area contributed by atoms with Gasteiger partial charge in [0.25, 0.3) is 0 Å². The van der Waals surface area contributed by atoms with Gasteiger partial charge in [0.15, 0.2) is 0 Å². The first-order valence-electron chi connectivity index (χ1n) is 12.1. The van der Waals surface area contributed by atoms with Crippen LogP contribution in [-0.4, -0.2) is 65.2 Å². The van der Waals surface area contributed by atoms with E-state index in [1.54, 1.807) is 6.07 Å². The maximum absolute atomic E-state index is 10.7. The Balaban J connectivity index is 1.54. The van der Waals surface area contributed by atoms with Gasteiger partial charge in [-0.15, -0.1) is 11.3 Å². The molecule has 1 aromatic carbocycles. The van der Waals surface area contributed by atoms with Gasteiger partial charge in [0.05, 0.1) is 34.1 Å². The molecule has 1 fully saturated rings. The summed E-state index contributed by atoms with van der Waals surface area (Å²) in [6.07, 6.45) is -0.230. The van der Waals surface area contributed by atoms with Gasteiger partial charge in [-0.05, 0) is 38.8 Å². The fourth-order valence-corrected chi connectivity index (χ4v) is 5.76. The predicted octanol–water partition coefficient (Wildman–Crippen LogP) is 3.16. The lowest BCUT2D eigenvalue weighted by Gasteiger charge is -2.22. The molecule has 194 valence electrons. The fraction of sp³-hybridized carbons (Fsp3) is 0.385. The molecule has 0 bridgehead atoms. The van der Waals surface area contributed by atoms with E-state index in [1.807, 2.05) is 20.8 Å². The van der Waals surface area contributed by atoms with E-state index >= 15 is 0 Å². The van der Waals surface area contributed by atoms with Crippen LogP contribution in [0.5, 0.6) is 5.88 Å². The van der Waals surface area contributed by atoms with Crippen LogP contribution < -0.4 is 10.6 Å². The summed E-state index contributed by atoms with van der Waals surface area (Å²) in [6.45, 7) is 5.69. The third-order valence-electron chi connectivity index (χ3n) is 6.87. The van der Waals surface area contributed by atoms with Gasteiger partial charge in [-0.2, -0.15) is 4.98 Å². The molecular formula is C26H30N6O4S. The molecule has 5 atom stereocenters. The van der Waals surface area contributed by atoms with Gasteiger partial charge in [-0.25, -0.2) is 15.0 Å². The van der Waals surface area contributed by atoms with E-state index in [1.165, 1.54) is 23.1 Å². The Labute approximate surface area is 218 Å². The minimum atomic E-state index is -1.08. The molecule has 0 amide bonds. The van der Waals surface area contributed by atoms with Crippen LogP contribution in [0.4, 0.5) is 11.8 Å². The molecular weight excluding hydrogens is 492 g/mol. The van der Waals surface area contributed by atoms with Gasteiger partial charge in [0, 0.05) is 18.7 Å². The van der Waals surface area contributed by atoms with Crippen LogP contribution in [0.1, 0.15) is 36.2 Å². The lowest BCUT2D eigenvalue weighted by Crippen LogP contribution is -2.35. The molecule has 11 heteroatoms. The summed E-state index contributed by atoms with van der Waals surface area (Å²) in [6, 6.07) is 9.39. The second kappa shape index (κ2) is 10.2. The molecule has 37 heavy (non-hydrogen) atoms. The highest BCUT2D eigenvalue weighted by Gasteiger charge is 2.41. The van der Waals surface area contributed by atoms with Crippen LogP contribution in [0, 0.1) is 19.8 Å². The maximum Gasteiger partial charge on any atom is 0.238 e. The topological polar surface area (TPSA) is 157 Å². The first-order chi connectivity index (χ1) is 17.7. The van der Waals surface area contributed by atoms with Crippen molar-refractivity contribution in [1.82, 2.24) is 19.9 Å². The van der Waals surface area contributed by atoms with Crippen LogP contribution in [0.3, 0.4) is 0 Å². The van der Waals surface area contributed by atoms with E-state index in [-0.39, 0.29) is 18.5 Å². The quantitative estimate of drug-likeness (QED) is 0.213. The second-order valence-corrected chi connectivity index (χ2v) is 10.6. The second-order valence-electron chi connectivity index (χ2n) is 9.54. The first-order valence-corrected chi connectivity index (χ1v) is 13.0. The number of aliphatic hydroxyl groups excluding tert-OH is 3. The van der Waals surface area contributed by atoms with Gasteiger partial charge in [0.1, 0.15) is 22.4 Å². The number of pyridine rings is 1. The summed E-state index contributed by atoms with van der Waals surface area (Å²) in [5.41, 5.74) is 3.92. The van der Waals surface area contributed by atoms with E-state index < -0.39 is 24.2 Å². The highest BCUT2D eigenvalue weighted by molar-refractivity contribution is 7.21. The molecule has 0 radical (unpaired) electrons. The SMILES string of the molecule is Cc1ccc([C@@H](C)Nc2nc(C)c(-c3nc4c(O)nccc4s3)c(N[C@@H]3C[C@H](CO)[C@@H](O)[C@H]3O)n2)cc1. The molecule has 6 N–H and O–H groups in total. The molecule has 10 nitrogen and oxygen atoms in total. The third-order valence-corrected chi connectivity index (χ3v) is 7.91. The normalized spacial score (nSPS) is 22.3. The highest BCUT2D eigenvalue weighted by atomic mass is 32.1. The van der Waals surface area contributed by atoms with Crippen molar-refractivity contribution in [2.45, 2.75) is 51.5 Å². The molecule has 0 spiro atoms. The van der Waals surface area contributed by atoms with Crippen molar-refractivity contribution in [3.63, 3.8) is 0 Å². The third kappa shape index (κ3) is 4.95. The number of aryl methyl sites for hydroxylation is 2. The number of nitrogens with zero attached hydrogens (tertiary/aromatic N) is 4. The van der Waals surface area contributed by atoms with Crippen LogP contribution in [0.25, 0.3) is 20.8 Å². The van der Waals surface area contributed by atoms with Gasteiger partial charge < -0.3 is 31.1 Å². The number of anilines is 2. The standard InChI is InChI=1S/C26H30N6O4S/c1-12-4-6-15(7-5-12)13(2)28-26-29-14(3)19(25-31-20-18(37-25)8-9-27-24(20)36)23(32-26)30-17-10-16(11-33)21(34)22(17)35/h4-9,13,16-17,21-22,33-35H,10-11H2,1-3H3,(H,27,36)(H2,28,29,30,32)/t13-,16-,17-,21-,22+/m1/s1. The molecule has 0 unspecified atom stereocenters. The van der Waals surface area contributed by atoms with Gasteiger partial charge in [0.2, 0.25) is 11.8 Å². The summed E-state index contributed by atoms with van der Waals surface area (Å²) in [7, 11) is 0. The number of nitrogens with one attached hydrogen (secondary N) is 2. The molecule has 3 heterocycles. The van der Waals surface area contributed by atoms with E-state index in [9.17, 15) is 20.4 Å². The first kappa shape index (κ1) is 25.3. The van der Waals surface area contributed by atoms with Crippen molar-refractivity contribution >= 4 is 33.3 Å². The molecule has 5 rings (SSSR count). The number of hydrogen-bond donors (Lipinski definition) is 6. The molecule has 0 aliphatic heterocycles. The number of thiazole rings is 1. The van der Waals surface area contributed by atoms with Crippen molar-refractivity contribution in [3.05, 3.63) is 53.3 Å². The zero-order valence-corrected chi connectivity index (χ0v) is 21.6. The zero-order chi connectivity index (χ0) is 26.3. The molecule has 1 saturated carbocycles. The number of aliphatic hydroxyl groups is 3. The van der Waals surface area contributed by atoms with Crippen molar-refractivity contribution in [2.75, 3.05) is 17.2 Å².